The Balaban J connectivity index is 2.06. The van der Waals surface area contributed by atoms with E-state index in [1.54, 1.807) is 29.2 Å². The van der Waals surface area contributed by atoms with Crippen LogP contribution in [0.1, 0.15) is 24.5 Å². The molecule has 3 amide bonds. The molecule has 1 unspecified atom stereocenters. The molecule has 1 aromatic rings. The highest BCUT2D eigenvalue weighted by molar-refractivity contribution is 5.94. The van der Waals surface area contributed by atoms with Crippen molar-refractivity contribution in [2.75, 3.05) is 52.1 Å². The van der Waals surface area contributed by atoms with Crippen LogP contribution in [0.2, 0.25) is 0 Å². The van der Waals surface area contributed by atoms with Crippen LogP contribution in [0.25, 0.3) is 0 Å². The van der Waals surface area contributed by atoms with Crippen LogP contribution in [0.5, 0.6) is 0 Å². The Morgan fingerprint density at radius 1 is 1.16 bits per heavy atom. The van der Waals surface area contributed by atoms with Crippen LogP contribution in [-0.4, -0.2) is 85.8 Å². The van der Waals surface area contributed by atoms with Gasteiger partial charge in [-0.2, -0.15) is 0 Å². The summed E-state index contributed by atoms with van der Waals surface area (Å²) in [6.45, 7) is 2.96. The first-order valence-corrected chi connectivity index (χ1v) is 10.2. The molecule has 172 valence electrons. The number of nitrogens with zero attached hydrogens (tertiary/aromatic N) is 2. The van der Waals surface area contributed by atoms with E-state index >= 15 is 0 Å². The molecule has 2 atom stereocenters. The molecule has 1 heterocycles. The molecule has 31 heavy (non-hydrogen) atoms. The fourth-order valence-corrected chi connectivity index (χ4v) is 3.13. The molecule has 0 aliphatic carbocycles. The van der Waals surface area contributed by atoms with Gasteiger partial charge in [0, 0.05) is 51.0 Å². The summed E-state index contributed by atoms with van der Waals surface area (Å²) in [4.78, 5) is 40.9. The van der Waals surface area contributed by atoms with Gasteiger partial charge in [-0.3, -0.25) is 9.59 Å². The molecule has 1 fully saturated rings. The second-order valence-electron chi connectivity index (χ2n) is 7.43. The quantitative estimate of drug-likeness (QED) is 0.266. The van der Waals surface area contributed by atoms with E-state index in [-0.39, 0.29) is 11.8 Å². The third kappa shape index (κ3) is 7.47. The van der Waals surface area contributed by atoms with Gasteiger partial charge in [-0.05, 0) is 32.0 Å². The van der Waals surface area contributed by atoms with E-state index in [2.05, 4.69) is 15.5 Å². The topological polar surface area (TPSA) is 149 Å². The van der Waals surface area contributed by atoms with E-state index in [1.165, 1.54) is 7.05 Å². The predicted molar refractivity (Wildman–Crippen MR) is 114 cm³/mol. The zero-order valence-corrected chi connectivity index (χ0v) is 18.0. The number of piperazine rings is 1. The van der Waals surface area contributed by atoms with Crippen molar-refractivity contribution in [3.63, 3.8) is 0 Å². The Bertz CT molecular complexity index is 736. The van der Waals surface area contributed by atoms with Crippen molar-refractivity contribution < 1.29 is 24.3 Å². The summed E-state index contributed by atoms with van der Waals surface area (Å²) in [6.07, 6.45) is -0.815. The lowest BCUT2D eigenvalue weighted by Crippen LogP contribution is -2.49. The number of anilines is 1. The number of ether oxygens (including phenoxy) is 1. The van der Waals surface area contributed by atoms with E-state index in [0.29, 0.717) is 43.7 Å². The standard InChI is InChI=1S/C20H32N6O5/c1-22-20(29)31-17(19(28)26-12-10-25(2)11-13-26)14-5-7-15(8-6-14)24-18(27)16(21)4-3-9-23-30/h5-8,16-17,23,30H,3-4,9-13,21H2,1-2H3,(H,22,29)(H,24,27)/t16-,17?/m0/s1. The third-order valence-corrected chi connectivity index (χ3v) is 5.09. The molecule has 11 heteroatoms. The molecule has 0 radical (unpaired) electrons. The van der Waals surface area contributed by atoms with Crippen molar-refractivity contribution in [2.45, 2.75) is 25.0 Å². The van der Waals surface area contributed by atoms with Gasteiger partial charge in [0.05, 0.1) is 6.04 Å². The summed E-state index contributed by atoms with van der Waals surface area (Å²) in [5.74, 6) is -0.634. The Morgan fingerprint density at radius 3 is 2.39 bits per heavy atom. The molecule has 6 N–H and O–H groups in total. The average Bonchev–Trinajstić information content (AvgIpc) is 2.78. The molecule has 1 saturated heterocycles. The van der Waals surface area contributed by atoms with Crippen LogP contribution >= 0.6 is 0 Å². The molecular weight excluding hydrogens is 404 g/mol. The maximum absolute atomic E-state index is 13.0. The Morgan fingerprint density at radius 2 is 1.81 bits per heavy atom. The zero-order valence-electron chi connectivity index (χ0n) is 18.0. The number of carbonyl (C=O) groups is 3. The molecule has 0 bridgehead atoms. The molecule has 1 aliphatic rings. The number of likely N-dealkylation sites (N-methyl/N-ethyl adjacent to an activating group) is 1. The number of rotatable bonds is 9. The van der Waals surface area contributed by atoms with Gasteiger partial charge in [0.2, 0.25) is 12.0 Å². The summed E-state index contributed by atoms with van der Waals surface area (Å²) in [5, 5.41) is 13.7. The number of amides is 3. The summed E-state index contributed by atoms with van der Waals surface area (Å²) in [6, 6.07) is 5.83. The number of hydrogen-bond acceptors (Lipinski definition) is 8. The van der Waals surface area contributed by atoms with E-state index in [0.717, 1.165) is 13.1 Å². The second kappa shape index (κ2) is 12.2. The lowest BCUT2D eigenvalue weighted by Gasteiger charge is -2.34. The van der Waals surface area contributed by atoms with Gasteiger partial charge in [0.1, 0.15) is 0 Å². The van der Waals surface area contributed by atoms with Crippen LogP contribution in [-0.2, 0) is 14.3 Å². The van der Waals surface area contributed by atoms with Gasteiger partial charge in [0.25, 0.3) is 5.91 Å². The van der Waals surface area contributed by atoms with Gasteiger partial charge in [-0.25, -0.2) is 10.3 Å². The van der Waals surface area contributed by atoms with Crippen molar-refractivity contribution >= 4 is 23.6 Å². The van der Waals surface area contributed by atoms with Gasteiger partial charge < -0.3 is 36.1 Å². The average molecular weight is 437 g/mol. The maximum atomic E-state index is 13.0. The second-order valence-corrected chi connectivity index (χ2v) is 7.43. The third-order valence-electron chi connectivity index (χ3n) is 5.09. The SMILES string of the molecule is CNC(=O)OC(C(=O)N1CCN(C)CC1)c1ccc(NC(=O)[C@@H](N)CCCNO)cc1. The highest BCUT2D eigenvalue weighted by atomic mass is 16.6. The summed E-state index contributed by atoms with van der Waals surface area (Å²) in [5.41, 5.74) is 8.88. The fraction of sp³-hybridized carbons (Fsp3) is 0.550. The molecule has 11 nitrogen and oxygen atoms in total. The van der Waals surface area contributed by atoms with Gasteiger partial charge in [-0.15, -0.1) is 0 Å². The molecule has 2 rings (SSSR count). The minimum atomic E-state index is -1.08. The molecule has 1 aromatic carbocycles. The highest BCUT2D eigenvalue weighted by Crippen LogP contribution is 2.23. The smallest absolute Gasteiger partial charge is 0.408 e. The Kier molecular flexibility index (Phi) is 9.66. The first-order chi connectivity index (χ1) is 14.8. The Hall–Kier alpha value is -2.73. The molecule has 1 aliphatic heterocycles. The monoisotopic (exact) mass is 436 g/mol. The fourth-order valence-electron chi connectivity index (χ4n) is 3.13. The summed E-state index contributed by atoms with van der Waals surface area (Å²) >= 11 is 0. The Labute approximate surface area is 181 Å². The number of nitrogens with two attached hydrogens (primary N) is 1. The van der Waals surface area contributed by atoms with Crippen LogP contribution in [0.3, 0.4) is 0 Å². The highest BCUT2D eigenvalue weighted by Gasteiger charge is 2.31. The molecule has 0 saturated carbocycles. The van der Waals surface area contributed by atoms with Crippen LogP contribution < -0.4 is 21.8 Å². The largest absolute Gasteiger partial charge is 0.431 e. The zero-order chi connectivity index (χ0) is 22.8. The van der Waals surface area contributed by atoms with Crippen LogP contribution in [0, 0.1) is 0 Å². The van der Waals surface area contributed by atoms with Gasteiger partial charge in [0.15, 0.2) is 0 Å². The molecule has 0 aromatic heterocycles. The van der Waals surface area contributed by atoms with Crippen molar-refractivity contribution in [1.29, 1.82) is 0 Å². The first kappa shape index (κ1) is 24.5. The van der Waals surface area contributed by atoms with Gasteiger partial charge in [-0.1, -0.05) is 12.1 Å². The van der Waals surface area contributed by atoms with Crippen LogP contribution in [0.4, 0.5) is 10.5 Å². The van der Waals surface area contributed by atoms with Crippen molar-refractivity contribution in [3.05, 3.63) is 29.8 Å². The molecular formula is C20H32N6O5. The maximum Gasteiger partial charge on any atom is 0.408 e. The minimum absolute atomic E-state index is 0.284. The number of carbonyl (C=O) groups excluding carboxylic acids is 3. The van der Waals surface area contributed by atoms with E-state index in [9.17, 15) is 14.4 Å². The number of hydroxylamine groups is 1. The number of nitrogens with one attached hydrogen (secondary N) is 3. The van der Waals surface area contributed by atoms with E-state index in [4.69, 9.17) is 15.7 Å². The van der Waals surface area contributed by atoms with Crippen molar-refractivity contribution in [2.24, 2.45) is 5.73 Å². The van der Waals surface area contributed by atoms with E-state index in [1.807, 2.05) is 12.5 Å². The summed E-state index contributed by atoms with van der Waals surface area (Å²) in [7, 11) is 3.42. The van der Waals surface area contributed by atoms with Crippen LogP contribution in [0.15, 0.2) is 24.3 Å². The number of alkyl carbamates (subject to hydrolysis) is 1. The van der Waals surface area contributed by atoms with Crippen molar-refractivity contribution in [3.8, 4) is 0 Å². The van der Waals surface area contributed by atoms with Gasteiger partial charge >= 0.3 is 6.09 Å². The first-order valence-electron chi connectivity index (χ1n) is 10.2. The summed E-state index contributed by atoms with van der Waals surface area (Å²) < 4.78 is 5.35. The molecule has 0 spiro atoms. The predicted octanol–water partition coefficient (Wildman–Crippen LogP) is -0.117. The number of hydrogen-bond donors (Lipinski definition) is 5. The normalized spacial score (nSPS) is 16.3. The lowest BCUT2D eigenvalue weighted by molar-refractivity contribution is -0.142. The van der Waals surface area contributed by atoms with E-state index < -0.39 is 18.2 Å². The van der Waals surface area contributed by atoms with Crippen molar-refractivity contribution in [1.82, 2.24) is 20.6 Å². The minimum Gasteiger partial charge on any atom is -0.431 e. The lowest BCUT2D eigenvalue weighted by atomic mass is 10.1. The number of benzene rings is 1.